The summed E-state index contributed by atoms with van der Waals surface area (Å²) in [5.41, 5.74) is 0. The maximum absolute atomic E-state index is 5.55. The maximum Gasteiger partial charge on any atom is 0.134 e. The van der Waals surface area contributed by atoms with Crippen molar-refractivity contribution < 1.29 is 4.74 Å². The number of rotatable bonds is 3. The van der Waals surface area contributed by atoms with E-state index in [1.54, 1.807) is 0 Å². The van der Waals surface area contributed by atoms with Gasteiger partial charge in [0, 0.05) is 5.03 Å². The van der Waals surface area contributed by atoms with E-state index in [9.17, 15) is 0 Å². The van der Waals surface area contributed by atoms with Gasteiger partial charge in [-0.15, -0.1) is 0 Å². The molecule has 0 aliphatic carbocycles. The van der Waals surface area contributed by atoms with Crippen LogP contribution in [0.3, 0.4) is 0 Å². The molecular weight excluding hydrogens is 239 g/mol. The minimum Gasteiger partial charge on any atom is -0.487 e. The molecule has 0 aliphatic rings. The monoisotopic (exact) mass is 246 g/mol. The summed E-state index contributed by atoms with van der Waals surface area (Å²) in [5.74, 6) is 0.777. The van der Waals surface area contributed by atoms with Crippen LogP contribution in [0.5, 0.6) is 5.75 Å². The van der Waals surface area contributed by atoms with E-state index in [4.69, 9.17) is 16.3 Å². The zero-order chi connectivity index (χ0) is 8.97. The molecular formula is C9H8BrClO. The second kappa shape index (κ2) is 4.53. The lowest BCUT2D eigenvalue weighted by Gasteiger charge is -2.05. The highest BCUT2D eigenvalue weighted by Crippen LogP contribution is 2.24. The van der Waals surface area contributed by atoms with Gasteiger partial charge < -0.3 is 4.74 Å². The highest BCUT2D eigenvalue weighted by molar-refractivity contribution is 9.10. The summed E-state index contributed by atoms with van der Waals surface area (Å²) in [6.07, 6.45) is 0. The molecule has 3 heteroatoms. The third-order valence-corrected chi connectivity index (χ3v) is 1.99. The Labute approximate surface area is 85.1 Å². The molecule has 0 spiro atoms. The predicted octanol–water partition coefficient (Wildman–Crippen LogP) is 3.58. The fourth-order valence-electron chi connectivity index (χ4n) is 0.718. The lowest BCUT2D eigenvalue weighted by Crippen LogP contribution is -1.96. The van der Waals surface area contributed by atoms with Crippen molar-refractivity contribution in [1.29, 1.82) is 0 Å². The average molecular weight is 248 g/mol. The fraction of sp³-hybridized carbons (Fsp3) is 0.111. The minimum atomic E-state index is 0.337. The van der Waals surface area contributed by atoms with Crippen molar-refractivity contribution in [2.24, 2.45) is 0 Å². The molecule has 0 fully saturated rings. The quantitative estimate of drug-likeness (QED) is 0.793. The van der Waals surface area contributed by atoms with E-state index in [1.807, 2.05) is 24.3 Å². The highest BCUT2D eigenvalue weighted by atomic mass is 79.9. The summed E-state index contributed by atoms with van der Waals surface area (Å²) in [6, 6.07) is 7.60. The van der Waals surface area contributed by atoms with Crippen LogP contribution < -0.4 is 4.74 Å². The van der Waals surface area contributed by atoms with Crippen LogP contribution in [-0.2, 0) is 0 Å². The average Bonchev–Trinajstić information content (AvgIpc) is 2.03. The van der Waals surface area contributed by atoms with Gasteiger partial charge in [0.2, 0.25) is 0 Å². The van der Waals surface area contributed by atoms with Gasteiger partial charge >= 0.3 is 0 Å². The lowest BCUT2D eigenvalue weighted by atomic mass is 10.3. The van der Waals surface area contributed by atoms with Crippen LogP contribution >= 0.6 is 27.5 Å². The van der Waals surface area contributed by atoms with E-state index in [-0.39, 0.29) is 0 Å². The normalized spacial score (nSPS) is 9.50. The van der Waals surface area contributed by atoms with Gasteiger partial charge in [0.25, 0.3) is 0 Å². The van der Waals surface area contributed by atoms with Crippen LogP contribution in [0.2, 0.25) is 0 Å². The van der Waals surface area contributed by atoms with E-state index < -0.39 is 0 Å². The molecule has 64 valence electrons. The molecule has 0 unspecified atom stereocenters. The van der Waals surface area contributed by atoms with E-state index >= 15 is 0 Å². The first kappa shape index (κ1) is 9.62. The summed E-state index contributed by atoms with van der Waals surface area (Å²) < 4.78 is 6.24. The third-order valence-electron chi connectivity index (χ3n) is 1.22. The summed E-state index contributed by atoms with van der Waals surface area (Å²) >= 11 is 8.89. The molecule has 0 atom stereocenters. The molecule has 1 aromatic rings. The molecule has 0 aromatic heterocycles. The zero-order valence-corrected chi connectivity index (χ0v) is 8.73. The molecule has 0 saturated carbocycles. The van der Waals surface area contributed by atoms with Crippen molar-refractivity contribution in [3.05, 3.63) is 40.3 Å². The van der Waals surface area contributed by atoms with Crippen molar-refractivity contribution in [2.45, 2.75) is 0 Å². The van der Waals surface area contributed by atoms with E-state index in [0.717, 1.165) is 10.2 Å². The van der Waals surface area contributed by atoms with Gasteiger partial charge in [-0.25, -0.2) is 0 Å². The van der Waals surface area contributed by atoms with Gasteiger partial charge in [0.15, 0.2) is 0 Å². The number of hydrogen-bond donors (Lipinski definition) is 0. The number of halogens is 2. The van der Waals surface area contributed by atoms with Gasteiger partial charge in [-0.2, -0.15) is 0 Å². The third kappa shape index (κ3) is 2.88. The van der Waals surface area contributed by atoms with Crippen LogP contribution in [0.1, 0.15) is 0 Å². The topological polar surface area (TPSA) is 9.23 Å². The van der Waals surface area contributed by atoms with Crippen molar-refractivity contribution in [2.75, 3.05) is 6.61 Å². The van der Waals surface area contributed by atoms with Crippen LogP contribution in [0.25, 0.3) is 0 Å². The summed E-state index contributed by atoms with van der Waals surface area (Å²) in [7, 11) is 0. The van der Waals surface area contributed by atoms with Crippen LogP contribution in [0.15, 0.2) is 40.3 Å². The first-order valence-electron chi connectivity index (χ1n) is 3.41. The second-order valence-electron chi connectivity index (χ2n) is 2.24. The van der Waals surface area contributed by atoms with Crippen molar-refractivity contribution >= 4 is 27.5 Å². The van der Waals surface area contributed by atoms with Crippen LogP contribution in [0.4, 0.5) is 0 Å². The van der Waals surface area contributed by atoms with E-state index in [1.165, 1.54) is 0 Å². The van der Waals surface area contributed by atoms with Crippen molar-refractivity contribution in [3.8, 4) is 5.75 Å². The molecule has 0 bridgehead atoms. The highest BCUT2D eigenvalue weighted by Gasteiger charge is 1.98. The molecule has 1 rings (SSSR count). The zero-order valence-electron chi connectivity index (χ0n) is 6.39. The minimum absolute atomic E-state index is 0.337. The largest absolute Gasteiger partial charge is 0.487 e. The Morgan fingerprint density at radius 2 is 2.17 bits per heavy atom. The summed E-state index contributed by atoms with van der Waals surface area (Å²) in [5, 5.41) is 0.491. The van der Waals surface area contributed by atoms with Crippen molar-refractivity contribution in [1.82, 2.24) is 0 Å². The molecule has 0 aliphatic heterocycles. The Morgan fingerprint density at radius 3 is 2.75 bits per heavy atom. The van der Waals surface area contributed by atoms with Crippen LogP contribution in [0, 0.1) is 0 Å². The number of para-hydroxylation sites is 1. The Hall–Kier alpha value is -0.470. The SMILES string of the molecule is C=C(Cl)COc1ccccc1Br. The van der Waals surface area contributed by atoms with E-state index in [0.29, 0.717) is 11.6 Å². The van der Waals surface area contributed by atoms with Crippen molar-refractivity contribution in [3.63, 3.8) is 0 Å². The molecule has 1 nitrogen and oxygen atoms in total. The van der Waals surface area contributed by atoms with Gasteiger partial charge in [0.1, 0.15) is 12.4 Å². The molecule has 0 N–H and O–H groups in total. The summed E-state index contributed by atoms with van der Waals surface area (Å²) in [6.45, 7) is 3.86. The predicted molar refractivity (Wildman–Crippen MR) is 54.6 cm³/mol. The Morgan fingerprint density at radius 1 is 1.50 bits per heavy atom. The maximum atomic E-state index is 5.55. The Balaban J connectivity index is 2.63. The lowest BCUT2D eigenvalue weighted by molar-refractivity contribution is 0.357. The number of ether oxygens (including phenoxy) is 1. The standard InChI is InChI=1S/C9H8BrClO/c1-7(11)6-12-9-5-3-2-4-8(9)10/h2-5H,1,6H2. The number of benzene rings is 1. The molecule has 0 radical (unpaired) electrons. The van der Waals surface area contributed by atoms with Crippen LogP contribution in [-0.4, -0.2) is 6.61 Å². The number of hydrogen-bond acceptors (Lipinski definition) is 1. The van der Waals surface area contributed by atoms with Gasteiger partial charge in [-0.05, 0) is 28.1 Å². The first-order chi connectivity index (χ1) is 5.70. The molecule has 0 saturated heterocycles. The van der Waals surface area contributed by atoms with Gasteiger partial charge in [-0.1, -0.05) is 30.3 Å². The first-order valence-corrected chi connectivity index (χ1v) is 4.58. The second-order valence-corrected chi connectivity index (χ2v) is 3.63. The Bertz CT molecular complexity index is 286. The summed E-state index contributed by atoms with van der Waals surface area (Å²) in [4.78, 5) is 0. The molecule has 0 heterocycles. The van der Waals surface area contributed by atoms with Gasteiger partial charge in [0.05, 0.1) is 4.47 Å². The molecule has 1 aromatic carbocycles. The Kier molecular flexibility index (Phi) is 3.63. The molecule has 12 heavy (non-hydrogen) atoms. The van der Waals surface area contributed by atoms with Gasteiger partial charge in [-0.3, -0.25) is 0 Å². The fourth-order valence-corrected chi connectivity index (χ4v) is 1.17. The smallest absolute Gasteiger partial charge is 0.134 e. The van der Waals surface area contributed by atoms with E-state index in [2.05, 4.69) is 22.5 Å². The molecule has 0 amide bonds.